The second kappa shape index (κ2) is 6.60. The minimum Gasteiger partial charge on any atom is -0.494 e. The summed E-state index contributed by atoms with van der Waals surface area (Å²) < 4.78 is 18.6. The summed E-state index contributed by atoms with van der Waals surface area (Å²) in [5, 5.41) is 4.36. The fourth-order valence-corrected chi connectivity index (χ4v) is 2.50. The molecule has 1 N–H and O–H groups in total. The van der Waals surface area contributed by atoms with Crippen LogP contribution in [0.3, 0.4) is 0 Å². The lowest BCUT2D eigenvalue weighted by Crippen LogP contribution is -2.34. The summed E-state index contributed by atoms with van der Waals surface area (Å²) in [6.07, 6.45) is 7.97. The van der Waals surface area contributed by atoms with Gasteiger partial charge in [0, 0.05) is 11.6 Å². The third-order valence-electron chi connectivity index (χ3n) is 3.58. The molecule has 0 fully saturated rings. The Bertz CT molecular complexity index is 799. The number of benzene rings is 1. The molecule has 0 saturated carbocycles. The maximum absolute atomic E-state index is 13.2. The highest BCUT2D eigenvalue weighted by molar-refractivity contribution is 5.96. The van der Waals surface area contributed by atoms with Gasteiger partial charge < -0.3 is 10.1 Å². The molecule has 0 spiro atoms. The van der Waals surface area contributed by atoms with E-state index in [0.717, 1.165) is 11.1 Å². The number of nitrogens with zero attached hydrogens (tertiary/aromatic N) is 1. The van der Waals surface area contributed by atoms with Crippen molar-refractivity contribution in [1.29, 1.82) is 0 Å². The number of ether oxygens (including phenoxy) is 1. The van der Waals surface area contributed by atoms with E-state index in [-0.39, 0.29) is 17.8 Å². The van der Waals surface area contributed by atoms with Crippen molar-refractivity contribution in [3.05, 3.63) is 66.0 Å². The third-order valence-corrected chi connectivity index (χ3v) is 3.58. The standard InChI is InChI=1S/C18H17FN2O2/c1-2-23-16-5-3-4-15(10-16)21-18(22)17-9-12-6-7-14(19)8-13(12)11-20-17/h3,5-11,15H,2,4H2,1H3,(H,21,22). The van der Waals surface area contributed by atoms with E-state index >= 15 is 0 Å². The molecule has 23 heavy (non-hydrogen) atoms. The summed E-state index contributed by atoms with van der Waals surface area (Å²) in [5.41, 5.74) is 0.310. The Morgan fingerprint density at radius 2 is 2.26 bits per heavy atom. The van der Waals surface area contributed by atoms with E-state index in [4.69, 9.17) is 4.74 Å². The zero-order valence-electron chi connectivity index (χ0n) is 12.8. The van der Waals surface area contributed by atoms with Crippen molar-refractivity contribution >= 4 is 16.7 Å². The van der Waals surface area contributed by atoms with Gasteiger partial charge in [-0.2, -0.15) is 0 Å². The van der Waals surface area contributed by atoms with Crippen LogP contribution >= 0.6 is 0 Å². The number of pyridine rings is 1. The second-order valence-corrected chi connectivity index (χ2v) is 5.28. The van der Waals surface area contributed by atoms with Crippen molar-refractivity contribution in [1.82, 2.24) is 10.3 Å². The summed E-state index contributed by atoms with van der Waals surface area (Å²) in [7, 11) is 0. The van der Waals surface area contributed by atoms with Gasteiger partial charge in [0.2, 0.25) is 0 Å². The smallest absolute Gasteiger partial charge is 0.270 e. The Hall–Kier alpha value is -2.69. The molecule has 3 rings (SSSR count). The molecule has 1 atom stereocenters. The summed E-state index contributed by atoms with van der Waals surface area (Å²) >= 11 is 0. The maximum atomic E-state index is 13.2. The third kappa shape index (κ3) is 3.56. The van der Waals surface area contributed by atoms with Crippen LogP contribution in [0.5, 0.6) is 0 Å². The van der Waals surface area contributed by atoms with Gasteiger partial charge >= 0.3 is 0 Å². The first-order valence-electron chi connectivity index (χ1n) is 7.53. The van der Waals surface area contributed by atoms with Crippen LogP contribution in [0.4, 0.5) is 4.39 Å². The van der Waals surface area contributed by atoms with Crippen molar-refractivity contribution in [3.63, 3.8) is 0 Å². The molecule has 0 bridgehead atoms. The summed E-state index contributed by atoms with van der Waals surface area (Å²) in [4.78, 5) is 16.5. The van der Waals surface area contributed by atoms with E-state index in [0.29, 0.717) is 24.1 Å². The molecule has 1 aromatic carbocycles. The molecule has 1 heterocycles. The fourth-order valence-electron chi connectivity index (χ4n) is 2.50. The van der Waals surface area contributed by atoms with Gasteiger partial charge in [0.05, 0.1) is 12.6 Å². The maximum Gasteiger partial charge on any atom is 0.270 e. The molecule has 1 aliphatic rings. The van der Waals surface area contributed by atoms with Crippen LogP contribution in [0, 0.1) is 5.82 Å². The number of amides is 1. The van der Waals surface area contributed by atoms with Crippen LogP contribution in [0.15, 0.2) is 54.4 Å². The predicted octanol–water partition coefficient (Wildman–Crippen LogP) is 3.35. The Kier molecular flexibility index (Phi) is 4.37. The quantitative estimate of drug-likeness (QED) is 0.942. The van der Waals surface area contributed by atoms with Gasteiger partial charge in [0.25, 0.3) is 5.91 Å². The van der Waals surface area contributed by atoms with Crippen LogP contribution in [0.1, 0.15) is 23.8 Å². The van der Waals surface area contributed by atoms with Crippen molar-refractivity contribution in [2.24, 2.45) is 0 Å². The Morgan fingerprint density at radius 3 is 3.09 bits per heavy atom. The van der Waals surface area contributed by atoms with Crippen molar-refractivity contribution in [2.45, 2.75) is 19.4 Å². The Morgan fingerprint density at radius 1 is 1.39 bits per heavy atom. The first kappa shape index (κ1) is 15.2. The van der Waals surface area contributed by atoms with E-state index in [1.165, 1.54) is 18.3 Å². The number of rotatable bonds is 4. The summed E-state index contributed by atoms with van der Waals surface area (Å²) in [6.45, 7) is 2.50. The predicted molar refractivity (Wildman–Crippen MR) is 86.4 cm³/mol. The number of aromatic nitrogens is 1. The van der Waals surface area contributed by atoms with Crippen molar-refractivity contribution in [2.75, 3.05) is 6.61 Å². The van der Waals surface area contributed by atoms with Crippen LogP contribution < -0.4 is 5.32 Å². The molecule has 4 nitrogen and oxygen atoms in total. The van der Waals surface area contributed by atoms with Gasteiger partial charge in [-0.25, -0.2) is 4.39 Å². The van der Waals surface area contributed by atoms with Gasteiger partial charge in [-0.3, -0.25) is 9.78 Å². The van der Waals surface area contributed by atoms with Gasteiger partial charge in [-0.05, 0) is 49.1 Å². The molecule has 0 radical (unpaired) electrons. The number of allylic oxidation sites excluding steroid dienone is 1. The van der Waals surface area contributed by atoms with E-state index in [1.54, 1.807) is 12.1 Å². The molecule has 118 valence electrons. The van der Waals surface area contributed by atoms with E-state index in [1.807, 2.05) is 25.2 Å². The molecular weight excluding hydrogens is 295 g/mol. The number of nitrogens with one attached hydrogen (secondary N) is 1. The Balaban J connectivity index is 1.75. The van der Waals surface area contributed by atoms with Crippen LogP contribution in [-0.4, -0.2) is 23.5 Å². The van der Waals surface area contributed by atoms with E-state index < -0.39 is 0 Å². The average molecular weight is 312 g/mol. The molecule has 1 unspecified atom stereocenters. The molecule has 2 aromatic rings. The lowest BCUT2D eigenvalue weighted by Gasteiger charge is -2.18. The average Bonchev–Trinajstić information content (AvgIpc) is 2.55. The Labute approximate surface area is 133 Å². The van der Waals surface area contributed by atoms with Gasteiger partial charge in [0.1, 0.15) is 17.3 Å². The minimum absolute atomic E-state index is 0.125. The van der Waals surface area contributed by atoms with Gasteiger partial charge in [-0.1, -0.05) is 12.1 Å². The zero-order valence-corrected chi connectivity index (χ0v) is 12.8. The molecule has 0 aliphatic heterocycles. The number of carbonyl (C=O) groups is 1. The number of carbonyl (C=O) groups excluding carboxylic acids is 1. The number of hydrogen-bond acceptors (Lipinski definition) is 3. The first-order chi connectivity index (χ1) is 11.2. The highest BCUT2D eigenvalue weighted by Crippen LogP contribution is 2.16. The normalized spacial score (nSPS) is 17.0. The van der Waals surface area contributed by atoms with E-state index in [2.05, 4.69) is 10.3 Å². The van der Waals surface area contributed by atoms with Crippen molar-refractivity contribution < 1.29 is 13.9 Å². The highest BCUT2D eigenvalue weighted by atomic mass is 19.1. The minimum atomic E-state index is -0.320. The second-order valence-electron chi connectivity index (χ2n) is 5.28. The molecule has 1 amide bonds. The van der Waals surface area contributed by atoms with Crippen molar-refractivity contribution in [3.8, 4) is 0 Å². The SMILES string of the molecule is CCOC1=CC(NC(=O)c2cc3ccc(F)cc3cn2)CC=C1. The largest absolute Gasteiger partial charge is 0.494 e. The summed E-state index contributed by atoms with van der Waals surface area (Å²) in [6, 6.07) is 5.94. The summed E-state index contributed by atoms with van der Waals surface area (Å²) in [5.74, 6) is 0.175. The van der Waals surface area contributed by atoms with Crippen LogP contribution in [-0.2, 0) is 4.74 Å². The van der Waals surface area contributed by atoms with E-state index in [9.17, 15) is 9.18 Å². The molecule has 0 saturated heterocycles. The molecular formula is C18H17FN2O2. The highest BCUT2D eigenvalue weighted by Gasteiger charge is 2.15. The van der Waals surface area contributed by atoms with Crippen LogP contribution in [0.25, 0.3) is 10.8 Å². The fraction of sp³-hybridized carbons (Fsp3) is 0.222. The lowest BCUT2D eigenvalue weighted by atomic mass is 10.1. The molecule has 5 heteroatoms. The molecule has 1 aromatic heterocycles. The molecule has 1 aliphatic carbocycles. The van der Waals surface area contributed by atoms with Gasteiger partial charge in [0.15, 0.2) is 0 Å². The first-order valence-corrected chi connectivity index (χ1v) is 7.53. The topological polar surface area (TPSA) is 51.2 Å². The van der Waals surface area contributed by atoms with Crippen LogP contribution in [0.2, 0.25) is 0 Å². The number of fused-ring (bicyclic) bond motifs is 1. The zero-order chi connectivity index (χ0) is 16.2. The lowest BCUT2D eigenvalue weighted by molar-refractivity contribution is 0.0939. The number of hydrogen-bond donors (Lipinski definition) is 1. The number of halogens is 1. The monoisotopic (exact) mass is 312 g/mol. The van der Waals surface area contributed by atoms with Gasteiger partial charge in [-0.15, -0.1) is 0 Å².